The van der Waals surface area contributed by atoms with Crippen molar-refractivity contribution >= 4 is 9.84 Å². The zero-order chi connectivity index (χ0) is 12.2. The molecule has 0 aromatic rings. The minimum Gasteiger partial charge on any atom is -0.314 e. The Hall–Kier alpha value is -0.0900. The van der Waals surface area contributed by atoms with Crippen LogP contribution in [0.3, 0.4) is 0 Å². The minimum absolute atomic E-state index is 0.268. The molecule has 3 unspecified atom stereocenters. The summed E-state index contributed by atoms with van der Waals surface area (Å²) in [5.41, 5.74) is 0. The van der Waals surface area contributed by atoms with E-state index in [2.05, 4.69) is 19.2 Å². The average molecular weight is 247 g/mol. The van der Waals surface area contributed by atoms with E-state index in [1.165, 1.54) is 12.8 Å². The molecule has 3 nitrogen and oxygen atoms in total. The zero-order valence-electron chi connectivity index (χ0n) is 10.7. The summed E-state index contributed by atoms with van der Waals surface area (Å²) in [5.74, 6) is 2.12. The van der Waals surface area contributed by atoms with Crippen molar-refractivity contribution in [3.8, 4) is 0 Å². The Morgan fingerprint density at radius 1 is 1.25 bits per heavy atom. The van der Waals surface area contributed by atoms with Gasteiger partial charge in [-0.25, -0.2) is 8.42 Å². The summed E-state index contributed by atoms with van der Waals surface area (Å²) >= 11 is 0. The second-order valence-electron chi connectivity index (χ2n) is 5.06. The molecule has 0 saturated heterocycles. The van der Waals surface area contributed by atoms with Gasteiger partial charge < -0.3 is 5.32 Å². The molecule has 96 valence electrons. The average Bonchev–Trinajstić information content (AvgIpc) is 2.56. The van der Waals surface area contributed by atoms with Gasteiger partial charge in [0.15, 0.2) is 0 Å². The van der Waals surface area contributed by atoms with E-state index in [-0.39, 0.29) is 5.75 Å². The summed E-state index contributed by atoms with van der Waals surface area (Å²) in [7, 11) is -2.78. The van der Waals surface area contributed by atoms with E-state index in [4.69, 9.17) is 0 Å². The van der Waals surface area contributed by atoms with Gasteiger partial charge in [-0.15, -0.1) is 0 Å². The van der Waals surface area contributed by atoms with Crippen molar-refractivity contribution in [1.29, 1.82) is 0 Å². The van der Waals surface area contributed by atoms with E-state index in [0.717, 1.165) is 24.8 Å². The van der Waals surface area contributed by atoms with Crippen LogP contribution in [0.25, 0.3) is 0 Å². The molecule has 1 aliphatic carbocycles. The third-order valence-electron chi connectivity index (χ3n) is 3.94. The number of nitrogens with one attached hydrogen (secondary N) is 1. The molecule has 1 N–H and O–H groups in total. The monoisotopic (exact) mass is 247 g/mol. The number of rotatable bonds is 6. The zero-order valence-corrected chi connectivity index (χ0v) is 11.5. The van der Waals surface area contributed by atoms with E-state index in [1.54, 1.807) is 6.92 Å². The number of hydrogen-bond acceptors (Lipinski definition) is 3. The molecule has 0 aromatic carbocycles. The summed E-state index contributed by atoms with van der Waals surface area (Å²) in [6.45, 7) is 7.14. The predicted octanol–water partition coefficient (Wildman–Crippen LogP) is 1.84. The lowest BCUT2D eigenvalue weighted by Gasteiger charge is -2.19. The van der Waals surface area contributed by atoms with Crippen LogP contribution < -0.4 is 5.32 Å². The van der Waals surface area contributed by atoms with Crippen LogP contribution in [-0.2, 0) is 9.84 Å². The summed E-state index contributed by atoms with van der Waals surface area (Å²) in [4.78, 5) is 0. The lowest BCUT2D eigenvalue weighted by Crippen LogP contribution is -2.33. The number of sulfone groups is 1. The fraction of sp³-hybridized carbons (Fsp3) is 1.00. The molecule has 0 heterocycles. The third kappa shape index (κ3) is 4.06. The van der Waals surface area contributed by atoms with Crippen molar-refractivity contribution in [2.24, 2.45) is 11.8 Å². The standard InChI is InChI=1S/C12H25NO2S/c1-4-16(14,15)9-5-8-13-12-7-6-10(2)11(12)3/h10-13H,4-9H2,1-3H3. The predicted molar refractivity (Wildman–Crippen MR) is 68.3 cm³/mol. The van der Waals surface area contributed by atoms with Crippen molar-refractivity contribution in [2.75, 3.05) is 18.1 Å². The maximum atomic E-state index is 11.3. The van der Waals surface area contributed by atoms with Crippen LogP contribution in [-0.4, -0.2) is 32.5 Å². The first kappa shape index (κ1) is 14.0. The fourth-order valence-electron chi connectivity index (χ4n) is 2.38. The van der Waals surface area contributed by atoms with Crippen molar-refractivity contribution in [2.45, 2.75) is 46.1 Å². The van der Waals surface area contributed by atoms with E-state index in [9.17, 15) is 8.42 Å². The maximum absolute atomic E-state index is 11.3. The van der Waals surface area contributed by atoms with Crippen molar-refractivity contribution in [3.63, 3.8) is 0 Å². The highest BCUT2D eigenvalue weighted by atomic mass is 32.2. The molecule has 0 amide bonds. The summed E-state index contributed by atoms with van der Waals surface area (Å²) in [6, 6.07) is 0.597. The first-order chi connectivity index (χ1) is 7.46. The van der Waals surface area contributed by atoms with Crippen LogP contribution in [0.4, 0.5) is 0 Å². The number of hydrogen-bond donors (Lipinski definition) is 1. The minimum atomic E-state index is -2.78. The maximum Gasteiger partial charge on any atom is 0.150 e. The Kier molecular flexibility index (Phi) is 5.25. The Bertz CT molecular complexity index is 300. The molecule has 0 spiro atoms. The second-order valence-corrected chi connectivity index (χ2v) is 7.54. The van der Waals surface area contributed by atoms with Gasteiger partial charge in [-0.3, -0.25) is 0 Å². The molecular weight excluding hydrogens is 222 g/mol. The van der Waals surface area contributed by atoms with Crippen LogP contribution >= 0.6 is 0 Å². The molecule has 0 aliphatic heterocycles. The molecule has 3 atom stereocenters. The van der Waals surface area contributed by atoms with E-state index < -0.39 is 9.84 Å². The van der Waals surface area contributed by atoms with Gasteiger partial charge in [-0.2, -0.15) is 0 Å². The topological polar surface area (TPSA) is 46.2 Å². The quantitative estimate of drug-likeness (QED) is 0.728. The molecule has 1 saturated carbocycles. The van der Waals surface area contributed by atoms with Crippen LogP contribution in [0.15, 0.2) is 0 Å². The van der Waals surface area contributed by atoms with Crippen molar-refractivity contribution < 1.29 is 8.42 Å². The molecule has 0 bridgehead atoms. The molecule has 0 aromatic heterocycles. The van der Waals surface area contributed by atoms with Gasteiger partial charge in [0, 0.05) is 11.8 Å². The van der Waals surface area contributed by atoms with E-state index in [0.29, 0.717) is 11.8 Å². The van der Waals surface area contributed by atoms with Gasteiger partial charge in [0.1, 0.15) is 9.84 Å². The van der Waals surface area contributed by atoms with Gasteiger partial charge in [0.2, 0.25) is 0 Å². The molecule has 1 fully saturated rings. The van der Waals surface area contributed by atoms with Gasteiger partial charge in [-0.1, -0.05) is 20.8 Å². The first-order valence-electron chi connectivity index (χ1n) is 6.40. The highest BCUT2D eigenvalue weighted by Crippen LogP contribution is 2.30. The third-order valence-corrected chi connectivity index (χ3v) is 5.73. The van der Waals surface area contributed by atoms with Gasteiger partial charge in [0.25, 0.3) is 0 Å². The fourth-order valence-corrected chi connectivity index (χ4v) is 3.25. The van der Waals surface area contributed by atoms with Gasteiger partial charge in [-0.05, 0) is 37.6 Å². The van der Waals surface area contributed by atoms with Crippen LogP contribution in [0.5, 0.6) is 0 Å². The van der Waals surface area contributed by atoms with E-state index >= 15 is 0 Å². The van der Waals surface area contributed by atoms with Crippen LogP contribution in [0, 0.1) is 11.8 Å². The highest BCUT2D eigenvalue weighted by Gasteiger charge is 2.28. The smallest absolute Gasteiger partial charge is 0.150 e. The largest absolute Gasteiger partial charge is 0.314 e. The van der Waals surface area contributed by atoms with E-state index in [1.807, 2.05) is 0 Å². The molecule has 0 radical (unpaired) electrons. The lowest BCUT2D eigenvalue weighted by molar-refractivity contribution is 0.371. The Morgan fingerprint density at radius 3 is 2.44 bits per heavy atom. The lowest BCUT2D eigenvalue weighted by atomic mass is 9.98. The molecular formula is C12H25NO2S. The first-order valence-corrected chi connectivity index (χ1v) is 8.22. The highest BCUT2D eigenvalue weighted by molar-refractivity contribution is 7.91. The van der Waals surface area contributed by atoms with Crippen LogP contribution in [0.2, 0.25) is 0 Å². The van der Waals surface area contributed by atoms with Crippen molar-refractivity contribution in [3.05, 3.63) is 0 Å². The Labute approximate surface area is 99.9 Å². The second kappa shape index (κ2) is 6.01. The Balaban J connectivity index is 2.17. The summed E-state index contributed by atoms with van der Waals surface area (Å²) in [5, 5.41) is 3.49. The molecule has 4 heteroatoms. The summed E-state index contributed by atoms with van der Waals surface area (Å²) in [6.07, 6.45) is 3.28. The molecule has 1 aliphatic rings. The Morgan fingerprint density at radius 2 is 1.94 bits per heavy atom. The normalized spacial score (nSPS) is 30.8. The van der Waals surface area contributed by atoms with Gasteiger partial charge >= 0.3 is 0 Å². The van der Waals surface area contributed by atoms with Crippen LogP contribution in [0.1, 0.15) is 40.0 Å². The van der Waals surface area contributed by atoms with Gasteiger partial charge in [0.05, 0.1) is 5.75 Å². The molecule has 1 rings (SSSR count). The molecule has 16 heavy (non-hydrogen) atoms. The van der Waals surface area contributed by atoms with Crippen molar-refractivity contribution in [1.82, 2.24) is 5.32 Å². The summed E-state index contributed by atoms with van der Waals surface area (Å²) < 4.78 is 22.6. The SMILES string of the molecule is CCS(=O)(=O)CCCNC1CCC(C)C1C.